The van der Waals surface area contributed by atoms with E-state index in [-0.39, 0.29) is 22.9 Å². The van der Waals surface area contributed by atoms with Gasteiger partial charge in [-0.3, -0.25) is 14.4 Å². The molecular formula is C16H17N3O5S. The summed E-state index contributed by atoms with van der Waals surface area (Å²) in [7, 11) is -2.72. The van der Waals surface area contributed by atoms with E-state index in [1.54, 1.807) is 18.2 Å². The van der Waals surface area contributed by atoms with E-state index in [0.717, 1.165) is 11.6 Å². The van der Waals surface area contributed by atoms with Gasteiger partial charge in [0.05, 0.1) is 17.7 Å². The van der Waals surface area contributed by atoms with Crippen LogP contribution in [0.3, 0.4) is 0 Å². The largest absolute Gasteiger partial charge is 0.495 e. The second kappa shape index (κ2) is 6.25. The second-order valence-corrected chi connectivity index (χ2v) is 7.45. The van der Waals surface area contributed by atoms with Crippen LogP contribution in [-0.4, -0.2) is 27.0 Å². The Morgan fingerprint density at radius 3 is 2.72 bits per heavy atom. The van der Waals surface area contributed by atoms with E-state index in [9.17, 15) is 18.5 Å². The lowest BCUT2D eigenvalue weighted by Gasteiger charge is -2.31. The third-order valence-electron chi connectivity index (χ3n) is 4.17. The van der Waals surface area contributed by atoms with Crippen LogP contribution in [0, 0.1) is 10.1 Å². The van der Waals surface area contributed by atoms with Crippen LogP contribution in [0.1, 0.15) is 12.0 Å². The summed E-state index contributed by atoms with van der Waals surface area (Å²) in [6.07, 6.45) is 1.29. The third-order valence-corrected chi connectivity index (χ3v) is 6.00. The molecule has 0 atom stereocenters. The van der Waals surface area contributed by atoms with Gasteiger partial charge in [-0.25, -0.2) is 8.42 Å². The molecule has 0 unspecified atom stereocenters. The summed E-state index contributed by atoms with van der Waals surface area (Å²) >= 11 is 0. The van der Waals surface area contributed by atoms with Crippen LogP contribution >= 0.6 is 0 Å². The first-order chi connectivity index (χ1) is 11.9. The number of hydrogen-bond acceptors (Lipinski definition) is 6. The predicted molar refractivity (Wildman–Crippen MR) is 93.4 cm³/mol. The number of nitro groups is 1. The van der Waals surface area contributed by atoms with Crippen molar-refractivity contribution in [3.8, 4) is 5.75 Å². The number of fused-ring (bicyclic) bond motifs is 1. The van der Waals surface area contributed by atoms with E-state index in [4.69, 9.17) is 10.5 Å². The minimum absolute atomic E-state index is 0.0571. The summed E-state index contributed by atoms with van der Waals surface area (Å²) < 4.78 is 32.8. The molecule has 1 heterocycles. The van der Waals surface area contributed by atoms with E-state index in [2.05, 4.69) is 0 Å². The number of nitrogen functional groups attached to an aromatic ring is 1. The smallest absolute Gasteiger partial charge is 0.271 e. The van der Waals surface area contributed by atoms with Gasteiger partial charge in [-0.1, -0.05) is 6.07 Å². The molecule has 2 N–H and O–H groups in total. The molecule has 25 heavy (non-hydrogen) atoms. The first-order valence-electron chi connectivity index (χ1n) is 7.59. The molecule has 1 aliphatic rings. The van der Waals surface area contributed by atoms with Gasteiger partial charge < -0.3 is 10.5 Å². The van der Waals surface area contributed by atoms with Crippen molar-refractivity contribution < 1.29 is 18.1 Å². The zero-order valence-electron chi connectivity index (χ0n) is 13.5. The highest BCUT2D eigenvalue weighted by Crippen LogP contribution is 2.38. The number of nitrogens with two attached hydrogens (primary N) is 1. The summed E-state index contributed by atoms with van der Waals surface area (Å²) in [5.41, 5.74) is 7.45. The van der Waals surface area contributed by atoms with Crippen molar-refractivity contribution in [2.24, 2.45) is 0 Å². The molecule has 8 nitrogen and oxygen atoms in total. The van der Waals surface area contributed by atoms with Crippen LogP contribution in [0.25, 0.3) is 0 Å². The lowest BCUT2D eigenvalue weighted by atomic mass is 10.0. The van der Waals surface area contributed by atoms with E-state index in [1.807, 2.05) is 0 Å². The predicted octanol–water partition coefficient (Wildman–Crippen LogP) is 2.33. The van der Waals surface area contributed by atoms with Crippen LogP contribution in [0.4, 0.5) is 17.1 Å². The molecule has 0 aromatic heterocycles. The van der Waals surface area contributed by atoms with E-state index < -0.39 is 14.9 Å². The van der Waals surface area contributed by atoms with Gasteiger partial charge in [0.2, 0.25) is 0 Å². The average molecular weight is 363 g/mol. The highest BCUT2D eigenvalue weighted by Gasteiger charge is 2.33. The Balaban J connectivity index is 2.18. The molecule has 2 aromatic rings. The van der Waals surface area contributed by atoms with Gasteiger partial charge in [0, 0.05) is 24.4 Å². The Kier molecular flexibility index (Phi) is 4.25. The minimum atomic E-state index is -4.04. The summed E-state index contributed by atoms with van der Waals surface area (Å²) in [6.45, 7) is 0.268. The van der Waals surface area contributed by atoms with Gasteiger partial charge in [0.15, 0.2) is 0 Å². The molecule has 0 bridgehead atoms. The number of sulfonamides is 1. The number of non-ortho nitro benzene ring substituents is 1. The lowest BCUT2D eigenvalue weighted by Crippen LogP contribution is -2.36. The average Bonchev–Trinajstić information content (AvgIpc) is 2.61. The Labute approximate surface area is 145 Å². The lowest BCUT2D eigenvalue weighted by molar-refractivity contribution is -0.385. The number of methoxy groups -OCH3 is 1. The number of hydrogen-bond donors (Lipinski definition) is 1. The van der Waals surface area contributed by atoms with Crippen molar-refractivity contribution in [1.29, 1.82) is 0 Å². The van der Waals surface area contributed by atoms with Crippen LogP contribution < -0.4 is 14.8 Å². The number of ether oxygens (including phenoxy) is 1. The number of nitrogens with zero attached hydrogens (tertiary/aromatic N) is 2. The molecule has 2 aromatic carbocycles. The van der Waals surface area contributed by atoms with Crippen LogP contribution in [0.2, 0.25) is 0 Å². The quantitative estimate of drug-likeness (QED) is 0.506. The van der Waals surface area contributed by atoms with Crippen molar-refractivity contribution in [1.82, 2.24) is 0 Å². The van der Waals surface area contributed by atoms with Crippen LogP contribution in [-0.2, 0) is 16.4 Å². The summed E-state index contributed by atoms with van der Waals surface area (Å²) in [5, 5.41) is 11.0. The first-order valence-corrected chi connectivity index (χ1v) is 9.03. The molecule has 9 heteroatoms. The molecule has 0 amide bonds. The molecule has 1 aliphatic heterocycles. The number of nitro benzene ring substituents is 1. The van der Waals surface area contributed by atoms with Crippen molar-refractivity contribution >= 4 is 27.1 Å². The van der Waals surface area contributed by atoms with Crippen molar-refractivity contribution in [2.45, 2.75) is 17.7 Å². The van der Waals surface area contributed by atoms with Crippen molar-refractivity contribution in [3.63, 3.8) is 0 Å². The molecule has 0 fully saturated rings. The summed E-state index contributed by atoms with van der Waals surface area (Å²) in [6, 6.07) is 8.62. The zero-order valence-corrected chi connectivity index (χ0v) is 14.3. The third kappa shape index (κ3) is 2.86. The molecule has 0 spiro atoms. The fraction of sp³-hybridized carbons (Fsp3) is 0.250. The van der Waals surface area contributed by atoms with Crippen molar-refractivity contribution in [2.75, 3.05) is 23.7 Å². The summed E-state index contributed by atoms with van der Waals surface area (Å²) in [5.74, 6) is 0.0571. The standard InChI is InChI=1S/C16H17N3O5S/c1-24-15-8-7-11(19(20)21)10-16(15)25(22,23)18-9-3-4-12-13(17)5-2-6-14(12)18/h2,5-8,10H,3-4,9,17H2,1H3. The van der Waals surface area contributed by atoms with Gasteiger partial charge in [0.1, 0.15) is 10.6 Å². The maximum absolute atomic E-state index is 13.2. The maximum atomic E-state index is 13.2. The number of benzene rings is 2. The first kappa shape index (κ1) is 17.0. The molecule has 0 radical (unpaired) electrons. The number of anilines is 2. The topological polar surface area (TPSA) is 116 Å². The zero-order chi connectivity index (χ0) is 18.2. The minimum Gasteiger partial charge on any atom is -0.495 e. The fourth-order valence-corrected chi connectivity index (χ4v) is 4.68. The SMILES string of the molecule is COc1ccc([N+](=O)[O-])cc1S(=O)(=O)N1CCCc2c(N)cccc21. The van der Waals surface area contributed by atoms with Crippen LogP contribution in [0.15, 0.2) is 41.3 Å². The molecule has 0 saturated carbocycles. The Morgan fingerprint density at radius 2 is 2.04 bits per heavy atom. The normalized spacial score (nSPS) is 14.0. The molecule has 3 rings (SSSR count). The Bertz CT molecular complexity index is 943. The molecule has 0 aliphatic carbocycles. The molecule has 0 saturated heterocycles. The Morgan fingerprint density at radius 1 is 1.28 bits per heavy atom. The van der Waals surface area contributed by atoms with Gasteiger partial charge in [0.25, 0.3) is 15.7 Å². The number of rotatable bonds is 4. The van der Waals surface area contributed by atoms with Gasteiger partial charge >= 0.3 is 0 Å². The highest BCUT2D eigenvalue weighted by atomic mass is 32.2. The Hall–Kier alpha value is -2.81. The molecular weight excluding hydrogens is 346 g/mol. The van der Waals surface area contributed by atoms with Crippen LogP contribution in [0.5, 0.6) is 5.75 Å². The van der Waals surface area contributed by atoms with Gasteiger partial charge in [-0.05, 0) is 36.6 Å². The van der Waals surface area contributed by atoms with E-state index >= 15 is 0 Å². The van der Waals surface area contributed by atoms with Crippen molar-refractivity contribution in [3.05, 3.63) is 52.1 Å². The maximum Gasteiger partial charge on any atom is 0.271 e. The van der Waals surface area contributed by atoms with Gasteiger partial charge in [-0.2, -0.15) is 0 Å². The van der Waals surface area contributed by atoms with E-state index in [1.165, 1.54) is 23.5 Å². The second-order valence-electron chi connectivity index (χ2n) is 5.62. The highest BCUT2D eigenvalue weighted by molar-refractivity contribution is 7.93. The molecule has 132 valence electrons. The summed E-state index contributed by atoms with van der Waals surface area (Å²) in [4.78, 5) is 10.2. The monoisotopic (exact) mass is 363 g/mol. The fourth-order valence-electron chi connectivity index (χ4n) is 2.97. The van der Waals surface area contributed by atoms with E-state index in [0.29, 0.717) is 24.2 Å². The van der Waals surface area contributed by atoms with Gasteiger partial charge in [-0.15, -0.1) is 0 Å².